The van der Waals surface area contributed by atoms with Crippen LogP contribution in [0.3, 0.4) is 0 Å². The van der Waals surface area contributed by atoms with E-state index in [9.17, 15) is 9.65 Å². The third-order valence-electron chi connectivity index (χ3n) is 3.22. The first-order chi connectivity index (χ1) is 11.6. The first-order valence-electron chi connectivity index (χ1n) is 7.55. The summed E-state index contributed by atoms with van der Waals surface area (Å²) in [4.78, 5) is 0. The molecule has 0 aliphatic heterocycles. The van der Waals surface area contributed by atoms with Crippen LogP contribution in [0.5, 0.6) is 11.5 Å². The van der Waals surface area contributed by atoms with Crippen LogP contribution in [-0.4, -0.2) is 13.2 Å². The molecule has 0 saturated heterocycles. The van der Waals surface area contributed by atoms with E-state index in [0.717, 1.165) is 10.0 Å². The summed E-state index contributed by atoms with van der Waals surface area (Å²) in [5.41, 5.74) is 1.64. The first kappa shape index (κ1) is 18.0. The Labute approximate surface area is 149 Å². The fourth-order valence-corrected chi connectivity index (χ4v) is 2.63. The molecule has 5 heteroatoms. The van der Waals surface area contributed by atoms with Crippen LogP contribution >= 0.6 is 15.9 Å². The fourth-order valence-electron chi connectivity index (χ4n) is 2.19. The Kier molecular flexibility index (Phi) is 6.39. The van der Waals surface area contributed by atoms with E-state index < -0.39 is 0 Å². The number of ether oxygens (including phenoxy) is 2. The predicted octanol–water partition coefficient (Wildman–Crippen LogP) is 5.45. The molecule has 0 aliphatic carbocycles. The van der Waals surface area contributed by atoms with Gasteiger partial charge in [0.1, 0.15) is 5.82 Å². The highest BCUT2D eigenvalue weighted by Crippen LogP contribution is 2.35. The second-order valence-electron chi connectivity index (χ2n) is 4.87. The SMILES string of the molecule is CCOc1cc(Br)c(/C=C(/C#N)c2cccc(F)c2)cc1OCC. The van der Waals surface area contributed by atoms with E-state index in [2.05, 4.69) is 22.0 Å². The molecule has 0 saturated carbocycles. The smallest absolute Gasteiger partial charge is 0.162 e. The van der Waals surface area contributed by atoms with Crippen LogP contribution in [-0.2, 0) is 0 Å². The molecule has 124 valence electrons. The lowest BCUT2D eigenvalue weighted by Crippen LogP contribution is -1.99. The molecule has 3 nitrogen and oxygen atoms in total. The molecule has 0 N–H and O–H groups in total. The number of allylic oxidation sites excluding steroid dienone is 1. The third kappa shape index (κ3) is 4.36. The minimum atomic E-state index is -0.380. The Balaban J connectivity index is 2.50. The Morgan fingerprint density at radius 2 is 1.83 bits per heavy atom. The summed E-state index contributed by atoms with van der Waals surface area (Å²) in [6, 6.07) is 11.7. The minimum absolute atomic E-state index is 0.363. The number of hydrogen-bond acceptors (Lipinski definition) is 3. The maximum absolute atomic E-state index is 13.4. The van der Waals surface area contributed by atoms with Crippen molar-refractivity contribution in [1.82, 2.24) is 0 Å². The Hall–Kier alpha value is -2.32. The van der Waals surface area contributed by atoms with Crippen molar-refractivity contribution in [3.63, 3.8) is 0 Å². The van der Waals surface area contributed by atoms with Crippen LogP contribution in [0.1, 0.15) is 25.0 Å². The molecule has 0 spiro atoms. The van der Waals surface area contributed by atoms with Crippen LogP contribution in [0.4, 0.5) is 4.39 Å². The van der Waals surface area contributed by atoms with Crippen molar-refractivity contribution in [1.29, 1.82) is 5.26 Å². The fraction of sp³-hybridized carbons (Fsp3) is 0.211. The Morgan fingerprint density at radius 1 is 1.17 bits per heavy atom. The zero-order valence-corrected chi connectivity index (χ0v) is 15.1. The van der Waals surface area contributed by atoms with Crippen LogP contribution < -0.4 is 9.47 Å². The van der Waals surface area contributed by atoms with E-state index >= 15 is 0 Å². The molecule has 0 radical (unpaired) electrons. The Morgan fingerprint density at radius 3 is 2.42 bits per heavy atom. The lowest BCUT2D eigenvalue weighted by Gasteiger charge is -2.13. The molecule has 0 fully saturated rings. The first-order valence-corrected chi connectivity index (χ1v) is 8.35. The average Bonchev–Trinajstić information content (AvgIpc) is 2.56. The monoisotopic (exact) mass is 389 g/mol. The highest BCUT2D eigenvalue weighted by atomic mass is 79.9. The van der Waals surface area contributed by atoms with Crippen LogP contribution in [0, 0.1) is 17.1 Å². The predicted molar refractivity (Wildman–Crippen MR) is 96.4 cm³/mol. The number of rotatable bonds is 6. The van der Waals surface area contributed by atoms with Crippen molar-refractivity contribution < 1.29 is 13.9 Å². The number of nitriles is 1. The number of nitrogens with zero attached hydrogens (tertiary/aromatic N) is 1. The molecule has 0 heterocycles. The molecule has 0 atom stereocenters. The van der Waals surface area contributed by atoms with Gasteiger partial charge in [-0.2, -0.15) is 5.26 Å². The van der Waals surface area contributed by atoms with Gasteiger partial charge in [0.25, 0.3) is 0 Å². The molecule has 0 bridgehead atoms. The van der Waals surface area contributed by atoms with Gasteiger partial charge < -0.3 is 9.47 Å². The maximum atomic E-state index is 13.4. The van der Waals surface area contributed by atoms with Gasteiger partial charge in [0.2, 0.25) is 0 Å². The van der Waals surface area contributed by atoms with Crippen molar-refractivity contribution in [2.75, 3.05) is 13.2 Å². The van der Waals surface area contributed by atoms with E-state index in [-0.39, 0.29) is 5.82 Å². The molecular weight excluding hydrogens is 373 g/mol. The second-order valence-corrected chi connectivity index (χ2v) is 5.72. The van der Waals surface area contributed by atoms with Gasteiger partial charge in [-0.15, -0.1) is 0 Å². The zero-order chi connectivity index (χ0) is 17.5. The van der Waals surface area contributed by atoms with Gasteiger partial charge in [0.05, 0.1) is 24.9 Å². The molecule has 0 aliphatic rings. The highest BCUT2D eigenvalue weighted by molar-refractivity contribution is 9.10. The molecule has 2 aromatic carbocycles. The van der Waals surface area contributed by atoms with E-state index in [1.807, 2.05) is 13.8 Å². The number of halogens is 2. The number of hydrogen-bond donors (Lipinski definition) is 0. The van der Waals surface area contributed by atoms with Crippen molar-refractivity contribution in [3.05, 3.63) is 57.8 Å². The molecule has 0 amide bonds. The summed E-state index contributed by atoms with van der Waals surface area (Å²) in [5, 5.41) is 9.42. The standard InChI is InChI=1S/C19H17BrFNO2/c1-3-23-18-10-14(17(20)11-19(18)24-4-2)8-15(12-22)13-6-5-7-16(21)9-13/h5-11H,3-4H2,1-2H3/b15-8-. The molecule has 0 aromatic heterocycles. The lowest BCUT2D eigenvalue weighted by atomic mass is 10.0. The van der Waals surface area contributed by atoms with Gasteiger partial charge in [-0.05, 0) is 55.3 Å². The van der Waals surface area contributed by atoms with Gasteiger partial charge in [0, 0.05) is 4.47 Å². The van der Waals surface area contributed by atoms with Crippen molar-refractivity contribution in [2.45, 2.75) is 13.8 Å². The van der Waals surface area contributed by atoms with Crippen LogP contribution in [0.15, 0.2) is 40.9 Å². The van der Waals surface area contributed by atoms with Gasteiger partial charge in [-0.25, -0.2) is 4.39 Å². The normalized spacial score (nSPS) is 11.0. The molecular formula is C19H17BrFNO2. The van der Waals surface area contributed by atoms with Crippen LogP contribution in [0.2, 0.25) is 0 Å². The van der Waals surface area contributed by atoms with Gasteiger partial charge in [-0.1, -0.05) is 28.1 Å². The number of benzene rings is 2. The molecule has 2 aromatic rings. The molecule has 0 unspecified atom stereocenters. The van der Waals surface area contributed by atoms with E-state index in [4.69, 9.17) is 9.47 Å². The molecule has 24 heavy (non-hydrogen) atoms. The maximum Gasteiger partial charge on any atom is 0.162 e. The summed E-state index contributed by atoms with van der Waals surface area (Å²) in [6.07, 6.45) is 1.69. The Bertz CT molecular complexity index is 796. The van der Waals surface area contributed by atoms with Crippen LogP contribution in [0.25, 0.3) is 11.6 Å². The highest BCUT2D eigenvalue weighted by Gasteiger charge is 2.11. The van der Waals surface area contributed by atoms with Gasteiger partial charge >= 0.3 is 0 Å². The van der Waals surface area contributed by atoms with Crippen molar-refractivity contribution in [2.24, 2.45) is 0 Å². The van der Waals surface area contributed by atoms with Gasteiger partial charge in [0.15, 0.2) is 11.5 Å². The van der Waals surface area contributed by atoms with Crippen molar-refractivity contribution in [3.8, 4) is 17.6 Å². The van der Waals surface area contributed by atoms with E-state index in [1.54, 1.807) is 30.3 Å². The van der Waals surface area contributed by atoms with Gasteiger partial charge in [-0.3, -0.25) is 0 Å². The quantitative estimate of drug-likeness (QED) is 0.487. The third-order valence-corrected chi connectivity index (χ3v) is 3.91. The summed E-state index contributed by atoms with van der Waals surface area (Å²) >= 11 is 3.48. The minimum Gasteiger partial charge on any atom is -0.490 e. The summed E-state index contributed by atoms with van der Waals surface area (Å²) in [7, 11) is 0. The lowest BCUT2D eigenvalue weighted by molar-refractivity contribution is 0.287. The second kappa shape index (κ2) is 8.51. The molecule has 2 rings (SSSR count). The van der Waals surface area contributed by atoms with Crippen molar-refractivity contribution >= 4 is 27.6 Å². The summed E-state index contributed by atoms with van der Waals surface area (Å²) < 4.78 is 25.3. The summed E-state index contributed by atoms with van der Waals surface area (Å²) in [6.45, 7) is 4.81. The largest absolute Gasteiger partial charge is 0.490 e. The summed E-state index contributed by atoms with van der Waals surface area (Å²) in [5.74, 6) is 0.854. The topological polar surface area (TPSA) is 42.2 Å². The zero-order valence-electron chi connectivity index (χ0n) is 13.5. The average molecular weight is 390 g/mol. The van der Waals surface area contributed by atoms with E-state index in [0.29, 0.717) is 35.8 Å². The van der Waals surface area contributed by atoms with E-state index in [1.165, 1.54) is 12.1 Å².